The normalized spacial score (nSPS) is 13.8. The largest absolute Gasteiger partial charge is 0.339 e. The topological polar surface area (TPSA) is 105 Å². The summed E-state index contributed by atoms with van der Waals surface area (Å²) >= 11 is 0. The zero-order chi connectivity index (χ0) is 22.8. The van der Waals surface area contributed by atoms with Gasteiger partial charge in [-0.05, 0) is 43.7 Å². The van der Waals surface area contributed by atoms with E-state index in [2.05, 4.69) is 25.9 Å². The molecule has 1 aliphatic carbocycles. The Bertz CT molecular complexity index is 1140. The summed E-state index contributed by atoms with van der Waals surface area (Å²) in [6.07, 6.45) is 4.09. The highest BCUT2D eigenvalue weighted by Gasteiger charge is 2.30. The molecule has 1 aromatic carbocycles. The Balaban J connectivity index is 1.60. The van der Waals surface area contributed by atoms with E-state index < -0.39 is 23.6 Å². The fourth-order valence-corrected chi connectivity index (χ4v) is 3.92. The SMILES string of the molecule is CC(C)CC(NC(=O)c1nn(-c2ccc(F)c(F)c2)c2c1CCC2)C(=O)Nc1ccn[nH]1. The maximum absolute atomic E-state index is 13.8. The van der Waals surface area contributed by atoms with Crippen molar-refractivity contribution < 1.29 is 18.4 Å². The average molecular weight is 442 g/mol. The van der Waals surface area contributed by atoms with Gasteiger partial charge in [-0.25, -0.2) is 13.5 Å². The smallest absolute Gasteiger partial charge is 0.272 e. The standard InChI is InChI=1S/C22H24F2N6O2/c1-12(2)10-17(21(31)27-19-8-9-25-28-19)26-22(32)20-14-4-3-5-18(14)30(29-20)13-6-7-15(23)16(24)11-13/h6-9,11-12,17H,3-5,10H2,1-2H3,(H,26,32)(H2,25,27,28,31). The first-order valence-electron chi connectivity index (χ1n) is 10.5. The molecule has 10 heteroatoms. The number of carbonyl (C=O) groups is 2. The minimum atomic E-state index is -0.983. The summed E-state index contributed by atoms with van der Waals surface area (Å²) < 4.78 is 28.6. The summed E-state index contributed by atoms with van der Waals surface area (Å²) in [7, 11) is 0. The lowest BCUT2D eigenvalue weighted by Crippen LogP contribution is -2.45. The van der Waals surface area contributed by atoms with Crippen LogP contribution in [0.2, 0.25) is 0 Å². The van der Waals surface area contributed by atoms with Gasteiger partial charge in [-0.15, -0.1) is 0 Å². The van der Waals surface area contributed by atoms with E-state index in [1.165, 1.54) is 16.9 Å². The zero-order valence-electron chi connectivity index (χ0n) is 17.8. The Morgan fingerprint density at radius 3 is 2.69 bits per heavy atom. The summed E-state index contributed by atoms with van der Waals surface area (Å²) in [5.74, 6) is -2.19. The van der Waals surface area contributed by atoms with Crippen molar-refractivity contribution in [3.05, 3.63) is 59.0 Å². The van der Waals surface area contributed by atoms with E-state index in [-0.39, 0.29) is 17.5 Å². The molecular formula is C22H24F2N6O2. The Morgan fingerprint density at radius 1 is 1.19 bits per heavy atom. The highest BCUT2D eigenvalue weighted by atomic mass is 19.2. The van der Waals surface area contributed by atoms with Crippen LogP contribution in [0.4, 0.5) is 14.6 Å². The Kier molecular flexibility index (Phi) is 6.02. The van der Waals surface area contributed by atoms with Crippen molar-refractivity contribution in [2.45, 2.75) is 45.6 Å². The van der Waals surface area contributed by atoms with Gasteiger partial charge in [0, 0.05) is 23.4 Å². The lowest BCUT2D eigenvalue weighted by Gasteiger charge is -2.19. The maximum atomic E-state index is 13.8. The Hall–Kier alpha value is -3.56. The molecule has 1 aliphatic rings. The molecule has 8 nitrogen and oxygen atoms in total. The van der Waals surface area contributed by atoms with Gasteiger partial charge in [0.2, 0.25) is 5.91 Å². The third kappa shape index (κ3) is 4.39. The average Bonchev–Trinajstić information content (AvgIpc) is 3.47. The molecule has 0 bridgehead atoms. The quantitative estimate of drug-likeness (QED) is 0.523. The van der Waals surface area contributed by atoms with E-state index in [4.69, 9.17) is 0 Å². The molecule has 4 rings (SSSR count). The molecule has 0 radical (unpaired) electrons. The third-order valence-corrected chi connectivity index (χ3v) is 5.38. The monoisotopic (exact) mass is 442 g/mol. The molecule has 3 N–H and O–H groups in total. The van der Waals surface area contributed by atoms with Crippen LogP contribution in [0.1, 0.15) is 48.4 Å². The van der Waals surface area contributed by atoms with Gasteiger partial charge < -0.3 is 10.6 Å². The summed E-state index contributed by atoms with van der Waals surface area (Å²) in [6.45, 7) is 3.91. The molecule has 0 aliphatic heterocycles. The van der Waals surface area contributed by atoms with Gasteiger partial charge in [-0.2, -0.15) is 10.2 Å². The van der Waals surface area contributed by atoms with Crippen molar-refractivity contribution in [1.82, 2.24) is 25.3 Å². The van der Waals surface area contributed by atoms with E-state index in [0.29, 0.717) is 30.8 Å². The number of nitrogens with zero attached hydrogens (tertiary/aromatic N) is 3. The number of aromatic amines is 1. The molecule has 1 atom stereocenters. The number of H-pyrrole nitrogens is 1. The summed E-state index contributed by atoms with van der Waals surface area (Å²) in [4.78, 5) is 25.9. The van der Waals surface area contributed by atoms with Crippen LogP contribution in [0, 0.1) is 17.6 Å². The van der Waals surface area contributed by atoms with Crippen molar-refractivity contribution in [3.63, 3.8) is 0 Å². The molecule has 2 aromatic heterocycles. The number of anilines is 1. The van der Waals surface area contributed by atoms with Crippen LogP contribution in [0.15, 0.2) is 30.5 Å². The second kappa shape index (κ2) is 8.89. The molecule has 0 saturated heterocycles. The second-order valence-corrected chi connectivity index (χ2v) is 8.25. The molecule has 0 spiro atoms. The van der Waals surface area contributed by atoms with Crippen LogP contribution in [0.5, 0.6) is 0 Å². The van der Waals surface area contributed by atoms with Crippen LogP contribution in [-0.2, 0) is 17.6 Å². The van der Waals surface area contributed by atoms with Crippen molar-refractivity contribution in [3.8, 4) is 5.69 Å². The van der Waals surface area contributed by atoms with E-state index in [9.17, 15) is 18.4 Å². The first-order valence-corrected chi connectivity index (χ1v) is 10.5. The molecule has 2 heterocycles. The number of hydrogen-bond acceptors (Lipinski definition) is 4. The highest BCUT2D eigenvalue weighted by Crippen LogP contribution is 2.28. The van der Waals surface area contributed by atoms with Crippen LogP contribution >= 0.6 is 0 Å². The highest BCUT2D eigenvalue weighted by molar-refractivity contribution is 6.00. The van der Waals surface area contributed by atoms with Gasteiger partial charge >= 0.3 is 0 Å². The lowest BCUT2D eigenvalue weighted by atomic mass is 10.0. The predicted octanol–water partition coefficient (Wildman–Crippen LogP) is 3.15. The Morgan fingerprint density at radius 2 is 2.00 bits per heavy atom. The number of aromatic nitrogens is 4. The van der Waals surface area contributed by atoms with Crippen LogP contribution in [0.3, 0.4) is 0 Å². The van der Waals surface area contributed by atoms with Gasteiger partial charge in [0.1, 0.15) is 11.9 Å². The fourth-order valence-electron chi connectivity index (χ4n) is 3.92. The molecular weight excluding hydrogens is 418 g/mol. The molecule has 0 fully saturated rings. The molecule has 0 saturated carbocycles. The van der Waals surface area contributed by atoms with Gasteiger partial charge in [-0.3, -0.25) is 14.7 Å². The van der Waals surface area contributed by atoms with E-state index in [1.54, 1.807) is 6.07 Å². The number of rotatable bonds is 7. The minimum Gasteiger partial charge on any atom is -0.339 e. The molecule has 1 unspecified atom stereocenters. The number of fused-ring (bicyclic) bond motifs is 1. The van der Waals surface area contributed by atoms with Crippen LogP contribution in [-0.4, -0.2) is 37.8 Å². The molecule has 2 amide bonds. The van der Waals surface area contributed by atoms with E-state index in [0.717, 1.165) is 29.8 Å². The number of halogens is 2. The zero-order valence-corrected chi connectivity index (χ0v) is 17.8. The lowest BCUT2D eigenvalue weighted by molar-refractivity contribution is -0.118. The summed E-state index contributed by atoms with van der Waals surface area (Å²) in [5.41, 5.74) is 2.11. The first-order chi connectivity index (χ1) is 15.3. The number of amides is 2. The summed E-state index contributed by atoms with van der Waals surface area (Å²) in [5, 5.41) is 16.4. The van der Waals surface area contributed by atoms with Gasteiger partial charge in [-0.1, -0.05) is 13.8 Å². The molecule has 168 valence electrons. The van der Waals surface area contributed by atoms with Crippen LogP contribution < -0.4 is 10.6 Å². The number of nitrogens with one attached hydrogen (secondary N) is 3. The van der Waals surface area contributed by atoms with Gasteiger partial charge in [0.05, 0.1) is 11.9 Å². The van der Waals surface area contributed by atoms with Crippen LogP contribution in [0.25, 0.3) is 5.69 Å². The number of benzene rings is 1. The fraction of sp³-hybridized carbons (Fsp3) is 0.364. The van der Waals surface area contributed by atoms with Gasteiger partial charge in [0.25, 0.3) is 5.91 Å². The van der Waals surface area contributed by atoms with Gasteiger partial charge in [0.15, 0.2) is 17.3 Å². The van der Waals surface area contributed by atoms with Crippen molar-refractivity contribution >= 4 is 17.6 Å². The molecule has 32 heavy (non-hydrogen) atoms. The van der Waals surface area contributed by atoms with Crippen molar-refractivity contribution in [2.24, 2.45) is 5.92 Å². The third-order valence-electron chi connectivity index (χ3n) is 5.38. The number of hydrogen-bond donors (Lipinski definition) is 3. The minimum absolute atomic E-state index is 0.151. The first kappa shape index (κ1) is 21.7. The van der Waals surface area contributed by atoms with E-state index >= 15 is 0 Å². The van der Waals surface area contributed by atoms with Crippen molar-refractivity contribution in [2.75, 3.05) is 5.32 Å². The maximum Gasteiger partial charge on any atom is 0.272 e. The second-order valence-electron chi connectivity index (χ2n) is 8.25. The molecule has 3 aromatic rings. The van der Waals surface area contributed by atoms with Crippen molar-refractivity contribution in [1.29, 1.82) is 0 Å². The van der Waals surface area contributed by atoms with E-state index in [1.807, 2.05) is 13.8 Å². The summed E-state index contributed by atoms with van der Waals surface area (Å²) in [6, 6.07) is 4.35. The predicted molar refractivity (Wildman–Crippen MR) is 113 cm³/mol. The number of carbonyl (C=O) groups excluding carboxylic acids is 2. The Labute approximate surface area is 183 Å².